The molecular weight excluding hydrogens is 295 g/mol. The minimum Gasteiger partial charge on any atom is -0.361 e. The number of rotatable bonds is 6. The maximum atomic E-state index is 6.11. The molecule has 5 heteroatoms. The highest BCUT2D eigenvalue weighted by molar-refractivity contribution is 6.21. The van der Waals surface area contributed by atoms with E-state index in [1.807, 2.05) is 6.07 Å². The van der Waals surface area contributed by atoms with Crippen LogP contribution in [0.5, 0.6) is 0 Å². The molecule has 2 aromatic rings. The fourth-order valence-corrected chi connectivity index (χ4v) is 2.73. The summed E-state index contributed by atoms with van der Waals surface area (Å²) in [6, 6.07) is 6.19. The third-order valence-corrected chi connectivity index (χ3v) is 3.97. The lowest BCUT2D eigenvalue weighted by molar-refractivity contribution is 0.0315. The van der Waals surface area contributed by atoms with E-state index in [-0.39, 0.29) is 12.2 Å². The van der Waals surface area contributed by atoms with Gasteiger partial charge in [-0.25, -0.2) is 4.98 Å². The SMILES string of the molecule is Cc1cccc(C)c1C(OC(CCl)CCl)c1cnc[nH]1. The maximum absolute atomic E-state index is 6.11. The first-order valence-electron chi connectivity index (χ1n) is 6.49. The molecule has 0 aliphatic rings. The number of nitrogens with zero attached hydrogens (tertiary/aromatic N) is 1. The Labute approximate surface area is 129 Å². The topological polar surface area (TPSA) is 37.9 Å². The van der Waals surface area contributed by atoms with Crippen molar-refractivity contribution in [2.45, 2.75) is 26.1 Å². The molecule has 108 valence electrons. The molecule has 0 saturated carbocycles. The number of aryl methyl sites for hydroxylation is 2. The monoisotopic (exact) mass is 312 g/mol. The van der Waals surface area contributed by atoms with Gasteiger partial charge in [0.25, 0.3) is 0 Å². The zero-order chi connectivity index (χ0) is 14.5. The van der Waals surface area contributed by atoms with Gasteiger partial charge >= 0.3 is 0 Å². The summed E-state index contributed by atoms with van der Waals surface area (Å²) in [4.78, 5) is 7.21. The summed E-state index contributed by atoms with van der Waals surface area (Å²) in [6.07, 6.45) is 2.98. The van der Waals surface area contributed by atoms with E-state index >= 15 is 0 Å². The Hall–Kier alpha value is -1.03. The minimum atomic E-state index is -0.235. The molecule has 20 heavy (non-hydrogen) atoms. The standard InChI is InChI=1S/C15H18Cl2N2O/c1-10-4-3-5-11(2)14(10)15(13-8-18-9-19-13)20-12(6-16)7-17/h3-5,8-9,12,15H,6-7H2,1-2H3,(H,18,19). The van der Waals surface area contributed by atoms with E-state index in [9.17, 15) is 0 Å². The average molecular weight is 313 g/mol. The number of hydrogen-bond donors (Lipinski definition) is 1. The van der Waals surface area contributed by atoms with Gasteiger partial charge in [0.1, 0.15) is 6.10 Å². The number of nitrogens with one attached hydrogen (secondary N) is 1. The van der Waals surface area contributed by atoms with Gasteiger partial charge < -0.3 is 9.72 Å². The van der Waals surface area contributed by atoms with Gasteiger partial charge in [-0.3, -0.25) is 0 Å². The number of alkyl halides is 2. The number of aromatic amines is 1. The Kier molecular flexibility index (Phi) is 5.46. The van der Waals surface area contributed by atoms with Crippen LogP contribution < -0.4 is 0 Å². The molecule has 1 aromatic carbocycles. The number of H-pyrrole nitrogens is 1. The van der Waals surface area contributed by atoms with Crippen molar-refractivity contribution < 1.29 is 4.74 Å². The van der Waals surface area contributed by atoms with Gasteiger partial charge in [0, 0.05) is 11.8 Å². The van der Waals surface area contributed by atoms with Gasteiger partial charge in [0.2, 0.25) is 0 Å². The number of benzene rings is 1. The van der Waals surface area contributed by atoms with Crippen molar-refractivity contribution in [2.24, 2.45) is 0 Å². The molecule has 0 bridgehead atoms. The van der Waals surface area contributed by atoms with E-state index in [0.29, 0.717) is 11.8 Å². The Bertz CT molecular complexity index is 519. The fourth-order valence-electron chi connectivity index (χ4n) is 2.25. The van der Waals surface area contributed by atoms with Crippen LogP contribution in [0.3, 0.4) is 0 Å². The summed E-state index contributed by atoms with van der Waals surface area (Å²) in [6.45, 7) is 4.15. The Morgan fingerprint density at radius 1 is 1.20 bits per heavy atom. The highest BCUT2D eigenvalue weighted by atomic mass is 35.5. The predicted octanol–water partition coefficient (Wildman–Crippen LogP) is 3.98. The van der Waals surface area contributed by atoms with E-state index < -0.39 is 0 Å². The quantitative estimate of drug-likeness (QED) is 0.819. The van der Waals surface area contributed by atoms with Gasteiger partial charge in [0.15, 0.2) is 0 Å². The lowest BCUT2D eigenvalue weighted by atomic mass is 9.96. The van der Waals surface area contributed by atoms with E-state index in [2.05, 4.69) is 35.9 Å². The lowest BCUT2D eigenvalue weighted by Crippen LogP contribution is -2.22. The molecule has 1 N–H and O–H groups in total. The molecule has 0 radical (unpaired) electrons. The highest BCUT2D eigenvalue weighted by Crippen LogP contribution is 2.31. The van der Waals surface area contributed by atoms with Gasteiger partial charge in [-0.15, -0.1) is 23.2 Å². The first-order chi connectivity index (χ1) is 9.67. The predicted molar refractivity (Wildman–Crippen MR) is 82.7 cm³/mol. The summed E-state index contributed by atoms with van der Waals surface area (Å²) in [5.41, 5.74) is 4.39. The van der Waals surface area contributed by atoms with Crippen LogP contribution in [-0.2, 0) is 4.74 Å². The molecule has 0 spiro atoms. The minimum absolute atomic E-state index is 0.203. The highest BCUT2D eigenvalue weighted by Gasteiger charge is 2.23. The smallest absolute Gasteiger partial charge is 0.125 e. The largest absolute Gasteiger partial charge is 0.361 e. The first-order valence-corrected chi connectivity index (χ1v) is 7.56. The molecule has 1 unspecified atom stereocenters. The molecule has 3 nitrogen and oxygen atoms in total. The molecule has 0 fully saturated rings. The average Bonchev–Trinajstić information content (AvgIpc) is 2.96. The van der Waals surface area contributed by atoms with E-state index in [4.69, 9.17) is 27.9 Å². The van der Waals surface area contributed by atoms with Gasteiger partial charge in [-0.2, -0.15) is 0 Å². The molecular formula is C15H18Cl2N2O. The number of ether oxygens (including phenoxy) is 1. The van der Waals surface area contributed by atoms with Crippen molar-refractivity contribution in [1.29, 1.82) is 0 Å². The number of hydrogen-bond acceptors (Lipinski definition) is 2. The van der Waals surface area contributed by atoms with Gasteiger partial charge in [-0.1, -0.05) is 18.2 Å². The first kappa shape index (κ1) is 15.4. The van der Waals surface area contributed by atoms with E-state index in [1.54, 1.807) is 12.5 Å². The molecule has 1 atom stereocenters. The summed E-state index contributed by atoms with van der Waals surface area (Å²) >= 11 is 11.8. The summed E-state index contributed by atoms with van der Waals surface area (Å²) in [5.74, 6) is 0.720. The van der Waals surface area contributed by atoms with Crippen LogP contribution in [0.2, 0.25) is 0 Å². The summed E-state index contributed by atoms with van der Waals surface area (Å²) in [5, 5.41) is 0. The third kappa shape index (κ3) is 3.35. The van der Waals surface area contributed by atoms with E-state index in [0.717, 1.165) is 11.3 Å². The van der Waals surface area contributed by atoms with Crippen LogP contribution in [0, 0.1) is 13.8 Å². The zero-order valence-corrected chi connectivity index (χ0v) is 13.1. The molecule has 0 aliphatic carbocycles. The second-order valence-electron chi connectivity index (χ2n) is 4.76. The van der Waals surface area contributed by atoms with Crippen LogP contribution in [0.15, 0.2) is 30.7 Å². The van der Waals surface area contributed by atoms with Crippen molar-refractivity contribution in [3.8, 4) is 0 Å². The van der Waals surface area contributed by atoms with Crippen LogP contribution >= 0.6 is 23.2 Å². The van der Waals surface area contributed by atoms with Gasteiger partial charge in [0.05, 0.1) is 24.3 Å². The second kappa shape index (κ2) is 7.11. The Balaban J connectivity index is 2.41. The second-order valence-corrected chi connectivity index (χ2v) is 5.38. The van der Waals surface area contributed by atoms with Crippen LogP contribution in [0.25, 0.3) is 0 Å². The molecule has 1 heterocycles. The van der Waals surface area contributed by atoms with Crippen molar-refractivity contribution in [3.63, 3.8) is 0 Å². The Morgan fingerprint density at radius 2 is 1.85 bits per heavy atom. The zero-order valence-electron chi connectivity index (χ0n) is 11.6. The lowest BCUT2D eigenvalue weighted by Gasteiger charge is -2.24. The molecule has 1 aromatic heterocycles. The van der Waals surface area contributed by atoms with Crippen LogP contribution in [0.1, 0.15) is 28.5 Å². The van der Waals surface area contributed by atoms with Crippen LogP contribution in [0.4, 0.5) is 0 Å². The summed E-state index contributed by atoms with van der Waals surface area (Å²) < 4.78 is 6.11. The maximum Gasteiger partial charge on any atom is 0.125 e. The number of halogens is 2. The molecule has 0 aliphatic heterocycles. The van der Waals surface area contributed by atoms with E-state index in [1.165, 1.54) is 11.1 Å². The Morgan fingerprint density at radius 3 is 2.35 bits per heavy atom. The number of aromatic nitrogens is 2. The molecule has 0 amide bonds. The fraction of sp³-hybridized carbons (Fsp3) is 0.400. The van der Waals surface area contributed by atoms with Crippen molar-refractivity contribution in [3.05, 3.63) is 53.1 Å². The van der Waals surface area contributed by atoms with Crippen molar-refractivity contribution >= 4 is 23.2 Å². The molecule has 0 saturated heterocycles. The number of imidazole rings is 1. The van der Waals surface area contributed by atoms with Crippen molar-refractivity contribution in [1.82, 2.24) is 9.97 Å². The van der Waals surface area contributed by atoms with Crippen LogP contribution in [-0.4, -0.2) is 27.8 Å². The van der Waals surface area contributed by atoms with Gasteiger partial charge in [-0.05, 0) is 30.5 Å². The molecule has 2 rings (SSSR count). The third-order valence-electron chi connectivity index (χ3n) is 3.28. The summed E-state index contributed by atoms with van der Waals surface area (Å²) in [7, 11) is 0. The van der Waals surface area contributed by atoms with Crippen molar-refractivity contribution in [2.75, 3.05) is 11.8 Å². The normalized spacial score (nSPS) is 12.8.